The Morgan fingerprint density at radius 3 is 2.40 bits per heavy atom. The van der Waals surface area contributed by atoms with Crippen LogP contribution in [0, 0.1) is 11.3 Å². The second-order valence-corrected chi connectivity index (χ2v) is 3.16. The fraction of sp³-hybridized carbons (Fsp3) is 0.700. The zero-order valence-electron chi connectivity index (χ0n) is 9.01. The fourth-order valence-electron chi connectivity index (χ4n) is 1.03. The van der Waals surface area contributed by atoms with Crippen LogP contribution < -0.4 is 10.6 Å². The highest BCUT2D eigenvalue weighted by molar-refractivity contribution is 6.35. The number of hydrogen-bond donors (Lipinski definition) is 2. The van der Waals surface area contributed by atoms with Crippen LogP contribution in [0.3, 0.4) is 0 Å². The molecule has 15 heavy (non-hydrogen) atoms. The number of hydrogen-bond acceptors (Lipinski definition) is 3. The van der Waals surface area contributed by atoms with E-state index in [4.69, 9.17) is 5.26 Å². The highest BCUT2D eigenvalue weighted by atomic mass is 16.2. The van der Waals surface area contributed by atoms with Crippen LogP contribution in [-0.2, 0) is 9.59 Å². The van der Waals surface area contributed by atoms with E-state index in [1.54, 1.807) is 6.07 Å². The normalized spacial score (nSPS) is 9.07. The van der Waals surface area contributed by atoms with Crippen LogP contribution in [0.15, 0.2) is 0 Å². The first-order valence-electron chi connectivity index (χ1n) is 5.15. The lowest BCUT2D eigenvalue weighted by Gasteiger charge is -2.03. The Morgan fingerprint density at radius 2 is 1.80 bits per heavy atom. The first-order valence-corrected chi connectivity index (χ1v) is 5.15. The second-order valence-electron chi connectivity index (χ2n) is 3.16. The standard InChI is InChI=1S/C10H17N3O2/c1-2-3-4-5-7-12-9(14)10(15)13-8-6-11/h2-5,7-8H2,1H3,(H,12,14)(H,13,15). The van der Waals surface area contributed by atoms with Gasteiger partial charge >= 0.3 is 11.8 Å². The van der Waals surface area contributed by atoms with Crippen molar-refractivity contribution in [3.8, 4) is 6.07 Å². The quantitative estimate of drug-likeness (QED) is 0.377. The molecule has 2 amide bonds. The van der Waals surface area contributed by atoms with Crippen molar-refractivity contribution in [3.63, 3.8) is 0 Å². The van der Waals surface area contributed by atoms with E-state index in [1.807, 2.05) is 0 Å². The summed E-state index contributed by atoms with van der Waals surface area (Å²) in [5, 5.41) is 12.8. The molecular weight excluding hydrogens is 194 g/mol. The van der Waals surface area contributed by atoms with Gasteiger partial charge in [-0.3, -0.25) is 9.59 Å². The predicted octanol–water partition coefficient (Wildman–Crippen LogP) is 0.323. The summed E-state index contributed by atoms with van der Waals surface area (Å²) in [4.78, 5) is 22.0. The predicted molar refractivity (Wildman–Crippen MR) is 55.8 cm³/mol. The molecule has 0 saturated heterocycles. The molecule has 0 aliphatic carbocycles. The molecule has 84 valence electrons. The Balaban J connectivity index is 3.48. The number of carbonyl (C=O) groups is 2. The highest BCUT2D eigenvalue weighted by Gasteiger charge is 2.10. The van der Waals surface area contributed by atoms with Crippen LogP contribution in [0.1, 0.15) is 32.6 Å². The zero-order valence-corrected chi connectivity index (χ0v) is 9.01. The fourth-order valence-corrected chi connectivity index (χ4v) is 1.03. The van der Waals surface area contributed by atoms with E-state index >= 15 is 0 Å². The SMILES string of the molecule is CCCCCCNC(=O)C(=O)NCC#N. The number of nitriles is 1. The molecule has 2 N–H and O–H groups in total. The van der Waals surface area contributed by atoms with Gasteiger partial charge in [-0.25, -0.2) is 0 Å². The molecule has 0 saturated carbocycles. The van der Waals surface area contributed by atoms with E-state index in [1.165, 1.54) is 0 Å². The largest absolute Gasteiger partial charge is 0.348 e. The van der Waals surface area contributed by atoms with Gasteiger partial charge in [0.25, 0.3) is 0 Å². The molecule has 0 aromatic rings. The average molecular weight is 211 g/mol. The molecule has 0 rings (SSSR count). The van der Waals surface area contributed by atoms with E-state index in [0.717, 1.165) is 25.7 Å². The Kier molecular flexibility index (Phi) is 8.06. The molecule has 0 aromatic heterocycles. The Morgan fingerprint density at radius 1 is 1.13 bits per heavy atom. The summed E-state index contributed by atoms with van der Waals surface area (Å²) in [6.45, 7) is 2.48. The number of nitrogens with zero attached hydrogens (tertiary/aromatic N) is 1. The second kappa shape index (κ2) is 9.00. The molecule has 5 nitrogen and oxygen atoms in total. The first kappa shape index (κ1) is 13.4. The zero-order chi connectivity index (χ0) is 11.5. The van der Waals surface area contributed by atoms with Crippen LogP contribution in [0.25, 0.3) is 0 Å². The van der Waals surface area contributed by atoms with Crippen LogP contribution >= 0.6 is 0 Å². The number of unbranched alkanes of at least 4 members (excludes halogenated alkanes) is 3. The van der Waals surface area contributed by atoms with Gasteiger partial charge in [-0.05, 0) is 6.42 Å². The molecule has 0 aliphatic heterocycles. The van der Waals surface area contributed by atoms with Gasteiger partial charge in [-0.2, -0.15) is 5.26 Å². The Hall–Kier alpha value is -1.57. The van der Waals surface area contributed by atoms with Crippen molar-refractivity contribution in [2.75, 3.05) is 13.1 Å². The number of nitrogens with one attached hydrogen (secondary N) is 2. The number of carbonyl (C=O) groups excluding carboxylic acids is 2. The molecule has 0 unspecified atom stereocenters. The molecule has 0 fully saturated rings. The van der Waals surface area contributed by atoms with E-state index in [2.05, 4.69) is 17.6 Å². The minimum atomic E-state index is -0.743. The van der Waals surface area contributed by atoms with Gasteiger partial charge in [0.15, 0.2) is 0 Å². The molecule has 0 bridgehead atoms. The van der Waals surface area contributed by atoms with Crippen molar-refractivity contribution >= 4 is 11.8 Å². The lowest BCUT2D eigenvalue weighted by atomic mass is 10.2. The number of rotatable bonds is 6. The maximum Gasteiger partial charge on any atom is 0.310 e. The van der Waals surface area contributed by atoms with Crippen LogP contribution in [0.4, 0.5) is 0 Å². The number of amides is 2. The van der Waals surface area contributed by atoms with Gasteiger partial charge in [-0.1, -0.05) is 26.2 Å². The van der Waals surface area contributed by atoms with Crippen LogP contribution in [0.5, 0.6) is 0 Å². The third-order valence-corrected chi connectivity index (χ3v) is 1.85. The summed E-state index contributed by atoms with van der Waals surface area (Å²) < 4.78 is 0. The maximum atomic E-state index is 11.0. The summed E-state index contributed by atoms with van der Waals surface area (Å²) in [7, 11) is 0. The molecule has 5 heteroatoms. The molecule has 0 spiro atoms. The van der Waals surface area contributed by atoms with Crippen molar-refractivity contribution in [3.05, 3.63) is 0 Å². The minimum Gasteiger partial charge on any atom is -0.348 e. The summed E-state index contributed by atoms with van der Waals surface area (Å²) in [6, 6.07) is 1.73. The summed E-state index contributed by atoms with van der Waals surface area (Å²) in [6.07, 6.45) is 4.20. The Bertz CT molecular complexity index is 246. The lowest BCUT2D eigenvalue weighted by Crippen LogP contribution is -2.40. The smallest absolute Gasteiger partial charge is 0.310 e. The van der Waals surface area contributed by atoms with Gasteiger partial charge in [-0.15, -0.1) is 0 Å². The van der Waals surface area contributed by atoms with E-state index in [9.17, 15) is 9.59 Å². The topological polar surface area (TPSA) is 82.0 Å². The summed E-state index contributed by atoms with van der Waals surface area (Å²) in [5.74, 6) is -1.41. The highest BCUT2D eigenvalue weighted by Crippen LogP contribution is 1.96. The van der Waals surface area contributed by atoms with Crippen molar-refractivity contribution in [2.24, 2.45) is 0 Å². The molecule has 0 heterocycles. The third kappa shape index (κ3) is 7.50. The van der Waals surface area contributed by atoms with Gasteiger partial charge in [0.05, 0.1) is 6.07 Å². The Labute approximate surface area is 89.8 Å². The summed E-state index contributed by atoms with van der Waals surface area (Å²) in [5.41, 5.74) is 0. The molecular formula is C10H17N3O2. The molecule has 0 atom stereocenters. The molecule has 0 radical (unpaired) electrons. The summed E-state index contributed by atoms with van der Waals surface area (Å²) >= 11 is 0. The molecule has 0 aromatic carbocycles. The van der Waals surface area contributed by atoms with Gasteiger partial charge in [0.1, 0.15) is 6.54 Å². The van der Waals surface area contributed by atoms with Gasteiger partial charge in [0.2, 0.25) is 0 Å². The van der Waals surface area contributed by atoms with E-state index in [0.29, 0.717) is 6.54 Å². The van der Waals surface area contributed by atoms with Crippen molar-refractivity contribution in [1.82, 2.24) is 10.6 Å². The first-order chi connectivity index (χ1) is 7.22. The van der Waals surface area contributed by atoms with Crippen molar-refractivity contribution < 1.29 is 9.59 Å². The van der Waals surface area contributed by atoms with Gasteiger partial charge < -0.3 is 10.6 Å². The third-order valence-electron chi connectivity index (χ3n) is 1.85. The van der Waals surface area contributed by atoms with E-state index < -0.39 is 11.8 Å². The maximum absolute atomic E-state index is 11.0. The van der Waals surface area contributed by atoms with Crippen molar-refractivity contribution in [1.29, 1.82) is 5.26 Å². The van der Waals surface area contributed by atoms with Crippen molar-refractivity contribution in [2.45, 2.75) is 32.6 Å². The lowest BCUT2D eigenvalue weighted by molar-refractivity contribution is -0.139. The average Bonchev–Trinajstić information content (AvgIpc) is 2.25. The van der Waals surface area contributed by atoms with Gasteiger partial charge in [0, 0.05) is 6.54 Å². The van der Waals surface area contributed by atoms with E-state index in [-0.39, 0.29) is 6.54 Å². The van der Waals surface area contributed by atoms with Crippen LogP contribution in [-0.4, -0.2) is 24.9 Å². The minimum absolute atomic E-state index is 0.137. The monoisotopic (exact) mass is 211 g/mol. The van der Waals surface area contributed by atoms with Crippen LogP contribution in [0.2, 0.25) is 0 Å². The molecule has 0 aliphatic rings.